The zero-order chi connectivity index (χ0) is 15.2. The summed E-state index contributed by atoms with van der Waals surface area (Å²) in [6.07, 6.45) is 0. The smallest absolute Gasteiger partial charge is 0.0844 e. The molecule has 0 unspecified atom stereocenters. The van der Waals surface area contributed by atoms with Crippen molar-refractivity contribution in [2.24, 2.45) is 0 Å². The molecule has 108 valence electrons. The molecule has 3 heteroatoms. The van der Waals surface area contributed by atoms with E-state index in [4.69, 9.17) is 0 Å². The van der Waals surface area contributed by atoms with Gasteiger partial charge in [0.05, 0.1) is 16.8 Å². The average molecular weight is 266 g/mol. The SMILES string of the molecule is Cc1cc(C(C)(C)O)c(C(C)(C)O)cc1C(C)(C)O. The van der Waals surface area contributed by atoms with E-state index in [9.17, 15) is 15.3 Å². The zero-order valence-electron chi connectivity index (χ0n) is 13.0. The second-order valence-corrected chi connectivity index (χ2v) is 6.89. The Morgan fingerprint density at radius 2 is 0.947 bits per heavy atom. The monoisotopic (exact) mass is 266 g/mol. The van der Waals surface area contributed by atoms with Crippen LogP contribution < -0.4 is 0 Å². The van der Waals surface area contributed by atoms with E-state index in [0.29, 0.717) is 11.1 Å². The van der Waals surface area contributed by atoms with Crippen LogP contribution in [0.5, 0.6) is 0 Å². The highest BCUT2D eigenvalue weighted by Gasteiger charge is 2.31. The lowest BCUT2D eigenvalue weighted by Gasteiger charge is -2.32. The van der Waals surface area contributed by atoms with Crippen LogP contribution in [0.3, 0.4) is 0 Å². The van der Waals surface area contributed by atoms with E-state index in [1.54, 1.807) is 47.6 Å². The Hall–Kier alpha value is -0.900. The van der Waals surface area contributed by atoms with E-state index < -0.39 is 16.8 Å². The minimum absolute atomic E-state index is 0.641. The van der Waals surface area contributed by atoms with Crippen molar-refractivity contribution in [1.29, 1.82) is 0 Å². The largest absolute Gasteiger partial charge is 0.386 e. The summed E-state index contributed by atoms with van der Waals surface area (Å²) in [5, 5.41) is 30.8. The molecular weight excluding hydrogens is 240 g/mol. The molecule has 0 amide bonds. The van der Waals surface area contributed by atoms with Crippen LogP contribution in [0.1, 0.15) is 63.8 Å². The number of hydrogen-bond acceptors (Lipinski definition) is 3. The molecule has 0 bridgehead atoms. The normalized spacial score (nSPS) is 13.8. The highest BCUT2D eigenvalue weighted by atomic mass is 16.3. The zero-order valence-corrected chi connectivity index (χ0v) is 13.0. The third-order valence-corrected chi connectivity index (χ3v) is 3.34. The topological polar surface area (TPSA) is 60.7 Å². The van der Waals surface area contributed by atoms with Crippen LogP contribution in [0, 0.1) is 6.92 Å². The van der Waals surface area contributed by atoms with Crippen LogP contribution in [0.15, 0.2) is 12.1 Å². The van der Waals surface area contributed by atoms with Gasteiger partial charge in [0.25, 0.3) is 0 Å². The van der Waals surface area contributed by atoms with Gasteiger partial charge in [0.15, 0.2) is 0 Å². The third kappa shape index (κ3) is 3.56. The first-order valence-corrected chi connectivity index (χ1v) is 6.58. The second kappa shape index (κ2) is 4.58. The molecule has 0 atom stereocenters. The molecule has 1 rings (SSSR count). The van der Waals surface area contributed by atoms with Crippen molar-refractivity contribution in [3.05, 3.63) is 34.4 Å². The molecule has 0 spiro atoms. The Balaban J connectivity index is 3.66. The van der Waals surface area contributed by atoms with Gasteiger partial charge in [0, 0.05) is 0 Å². The molecule has 0 aliphatic heterocycles. The summed E-state index contributed by atoms with van der Waals surface area (Å²) >= 11 is 0. The molecule has 3 nitrogen and oxygen atoms in total. The number of benzene rings is 1. The Kier molecular flexibility index (Phi) is 3.90. The predicted octanol–water partition coefficient (Wildman–Crippen LogP) is 2.68. The maximum Gasteiger partial charge on any atom is 0.0844 e. The molecule has 0 heterocycles. The molecule has 3 N–H and O–H groups in total. The molecule has 1 aromatic carbocycles. The van der Waals surface area contributed by atoms with Crippen LogP contribution in [0.25, 0.3) is 0 Å². The minimum atomic E-state index is -1.08. The van der Waals surface area contributed by atoms with Gasteiger partial charge in [0.1, 0.15) is 0 Å². The van der Waals surface area contributed by atoms with E-state index >= 15 is 0 Å². The van der Waals surface area contributed by atoms with Gasteiger partial charge in [-0.05, 0) is 76.8 Å². The van der Waals surface area contributed by atoms with Gasteiger partial charge in [-0.3, -0.25) is 0 Å². The fourth-order valence-electron chi connectivity index (χ4n) is 2.38. The van der Waals surface area contributed by atoms with Crippen molar-refractivity contribution in [2.45, 2.75) is 65.3 Å². The summed E-state index contributed by atoms with van der Waals surface area (Å²) in [5.41, 5.74) is -0.118. The van der Waals surface area contributed by atoms with Crippen molar-refractivity contribution in [1.82, 2.24) is 0 Å². The van der Waals surface area contributed by atoms with Crippen molar-refractivity contribution in [3.63, 3.8) is 0 Å². The summed E-state index contributed by atoms with van der Waals surface area (Å²) in [6.45, 7) is 12.1. The average Bonchev–Trinajstić information content (AvgIpc) is 2.11. The van der Waals surface area contributed by atoms with Crippen LogP contribution >= 0.6 is 0 Å². The molecule has 1 aromatic rings. The van der Waals surface area contributed by atoms with Gasteiger partial charge in [-0.1, -0.05) is 6.07 Å². The van der Waals surface area contributed by atoms with Gasteiger partial charge in [-0.2, -0.15) is 0 Å². The molecule has 0 aliphatic rings. The summed E-state index contributed by atoms with van der Waals surface area (Å²) in [4.78, 5) is 0. The Bertz CT molecular complexity index is 468. The first-order valence-electron chi connectivity index (χ1n) is 6.58. The molecule has 19 heavy (non-hydrogen) atoms. The van der Waals surface area contributed by atoms with Crippen LogP contribution in [-0.2, 0) is 16.8 Å². The van der Waals surface area contributed by atoms with Gasteiger partial charge in [-0.15, -0.1) is 0 Å². The minimum Gasteiger partial charge on any atom is -0.386 e. The highest BCUT2D eigenvalue weighted by molar-refractivity contribution is 5.44. The Morgan fingerprint density at radius 3 is 1.26 bits per heavy atom. The maximum absolute atomic E-state index is 10.3. The van der Waals surface area contributed by atoms with E-state index in [1.807, 2.05) is 13.0 Å². The van der Waals surface area contributed by atoms with E-state index in [0.717, 1.165) is 11.1 Å². The highest BCUT2D eigenvalue weighted by Crippen LogP contribution is 2.36. The standard InChI is InChI=1S/C16H26O3/c1-10-8-12(15(4,5)18)13(16(6,7)19)9-11(10)14(2,3)17/h8-9,17-19H,1-7H3. The van der Waals surface area contributed by atoms with Gasteiger partial charge in [0.2, 0.25) is 0 Å². The van der Waals surface area contributed by atoms with Gasteiger partial charge >= 0.3 is 0 Å². The maximum atomic E-state index is 10.3. The van der Waals surface area contributed by atoms with Crippen LogP contribution in [0.4, 0.5) is 0 Å². The lowest BCUT2D eigenvalue weighted by atomic mass is 9.80. The molecule has 0 aromatic heterocycles. The lowest BCUT2D eigenvalue weighted by molar-refractivity contribution is 0.0502. The molecule has 0 radical (unpaired) electrons. The fraction of sp³-hybridized carbons (Fsp3) is 0.625. The number of aliphatic hydroxyl groups is 3. The van der Waals surface area contributed by atoms with Crippen molar-refractivity contribution in [2.75, 3.05) is 0 Å². The van der Waals surface area contributed by atoms with E-state index in [-0.39, 0.29) is 0 Å². The first-order chi connectivity index (χ1) is 8.24. The summed E-state index contributed by atoms with van der Waals surface area (Å²) < 4.78 is 0. The quantitative estimate of drug-likeness (QED) is 0.788. The lowest BCUT2D eigenvalue weighted by Crippen LogP contribution is -2.28. The fourth-order valence-corrected chi connectivity index (χ4v) is 2.38. The third-order valence-electron chi connectivity index (χ3n) is 3.34. The van der Waals surface area contributed by atoms with Crippen LogP contribution in [0.2, 0.25) is 0 Å². The molecule has 0 fully saturated rings. The number of rotatable bonds is 3. The summed E-state index contributed by atoms with van der Waals surface area (Å²) in [5.74, 6) is 0. The van der Waals surface area contributed by atoms with Gasteiger partial charge in [-0.25, -0.2) is 0 Å². The first kappa shape index (κ1) is 16.2. The predicted molar refractivity (Wildman–Crippen MR) is 76.9 cm³/mol. The summed E-state index contributed by atoms with van der Waals surface area (Å²) in [7, 11) is 0. The van der Waals surface area contributed by atoms with Crippen LogP contribution in [-0.4, -0.2) is 15.3 Å². The molecule has 0 aliphatic carbocycles. The summed E-state index contributed by atoms with van der Waals surface area (Å²) in [6, 6.07) is 3.64. The van der Waals surface area contributed by atoms with E-state index in [1.165, 1.54) is 0 Å². The Morgan fingerprint density at radius 1 is 0.632 bits per heavy atom. The van der Waals surface area contributed by atoms with Crippen molar-refractivity contribution < 1.29 is 15.3 Å². The van der Waals surface area contributed by atoms with Crippen molar-refractivity contribution >= 4 is 0 Å². The number of aryl methyl sites for hydroxylation is 1. The molecular formula is C16H26O3. The second-order valence-electron chi connectivity index (χ2n) is 6.89. The van der Waals surface area contributed by atoms with Gasteiger partial charge < -0.3 is 15.3 Å². The van der Waals surface area contributed by atoms with Crippen molar-refractivity contribution in [3.8, 4) is 0 Å². The van der Waals surface area contributed by atoms with E-state index in [2.05, 4.69) is 0 Å². The molecule has 0 saturated carbocycles. The number of hydrogen-bond donors (Lipinski definition) is 3. The molecule has 0 saturated heterocycles. The Labute approximate surface area is 115 Å².